The van der Waals surface area contributed by atoms with Gasteiger partial charge in [-0.15, -0.1) is 0 Å². The van der Waals surface area contributed by atoms with E-state index in [-0.39, 0.29) is 22.5 Å². The highest BCUT2D eigenvalue weighted by Gasteiger charge is 2.17. The van der Waals surface area contributed by atoms with Gasteiger partial charge in [0.2, 0.25) is 5.91 Å². The molecule has 0 aliphatic rings. The molecule has 1 heterocycles. The van der Waals surface area contributed by atoms with Crippen molar-refractivity contribution >= 4 is 29.1 Å². The van der Waals surface area contributed by atoms with Crippen LogP contribution in [0, 0.1) is 11.8 Å². The highest BCUT2D eigenvalue weighted by molar-refractivity contribution is 6.41. The molecule has 0 spiro atoms. The molecule has 0 saturated carbocycles. The molecule has 0 fully saturated rings. The molecule has 0 N–H and O–H groups in total. The lowest BCUT2D eigenvalue weighted by Gasteiger charge is -2.24. The van der Waals surface area contributed by atoms with E-state index in [9.17, 15) is 9.59 Å². The van der Waals surface area contributed by atoms with Crippen LogP contribution in [0.5, 0.6) is 0 Å². The molecule has 0 atom stereocenters. The molecule has 1 amide bonds. The molecule has 1 aromatic rings. The molecule has 0 saturated heterocycles. The van der Waals surface area contributed by atoms with E-state index in [1.807, 2.05) is 0 Å². The Hall–Kier alpha value is -1.07. The Bertz CT molecular complexity index is 573. The van der Waals surface area contributed by atoms with Gasteiger partial charge in [0.1, 0.15) is 11.6 Å². The van der Waals surface area contributed by atoms with E-state index < -0.39 is 5.56 Å². The van der Waals surface area contributed by atoms with Crippen LogP contribution in [0.25, 0.3) is 0 Å². The third-order valence-corrected chi connectivity index (χ3v) is 4.28. The highest BCUT2D eigenvalue weighted by Crippen LogP contribution is 2.14. The van der Waals surface area contributed by atoms with Crippen molar-refractivity contribution in [1.29, 1.82) is 0 Å². The van der Waals surface area contributed by atoms with Crippen LogP contribution in [0.3, 0.4) is 0 Å². The Kier molecular flexibility index (Phi) is 8.06. The Balaban J connectivity index is 2.83. The summed E-state index contributed by atoms with van der Waals surface area (Å²) in [4.78, 5) is 26.3. The number of hydrogen-bond donors (Lipinski definition) is 0. The SMILES string of the molecule is CC(C)CCN(CCC(C)C)C(=O)Cn1ncc(Cl)c(Cl)c1=O. The molecule has 23 heavy (non-hydrogen) atoms. The van der Waals surface area contributed by atoms with E-state index >= 15 is 0 Å². The lowest BCUT2D eigenvalue weighted by atomic mass is 10.1. The van der Waals surface area contributed by atoms with Gasteiger partial charge in [-0.3, -0.25) is 9.59 Å². The normalized spacial score (nSPS) is 11.3. The monoisotopic (exact) mass is 361 g/mol. The maximum Gasteiger partial charge on any atom is 0.287 e. The summed E-state index contributed by atoms with van der Waals surface area (Å²) in [6, 6.07) is 0. The van der Waals surface area contributed by atoms with Gasteiger partial charge in [0, 0.05) is 13.1 Å². The fourth-order valence-corrected chi connectivity index (χ4v) is 2.25. The fraction of sp³-hybridized carbons (Fsp3) is 0.688. The number of nitrogens with zero attached hydrogens (tertiary/aromatic N) is 3. The highest BCUT2D eigenvalue weighted by atomic mass is 35.5. The second kappa shape index (κ2) is 9.28. The average Bonchev–Trinajstić information content (AvgIpc) is 2.47. The van der Waals surface area contributed by atoms with E-state index in [0.29, 0.717) is 24.9 Å². The molecule has 0 bridgehead atoms. The first-order valence-electron chi connectivity index (χ1n) is 7.91. The number of rotatable bonds is 8. The summed E-state index contributed by atoms with van der Waals surface area (Å²) in [5.41, 5.74) is -0.541. The van der Waals surface area contributed by atoms with Gasteiger partial charge in [-0.25, -0.2) is 4.68 Å². The first kappa shape index (κ1) is 20.0. The van der Waals surface area contributed by atoms with E-state index in [1.165, 1.54) is 6.20 Å². The van der Waals surface area contributed by atoms with Crippen molar-refractivity contribution in [1.82, 2.24) is 14.7 Å². The molecule has 0 aliphatic heterocycles. The van der Waals surface area contributed by atoms with E-state index in [0.717, 1.165) is 17.5 Å². The number of hydrogen-bond acceptors (Lipinski definition) is 3. The lowest BCUT2D eigenvalue weighted by molar-refractivity contribution is -0.132. The maximum absolute atomic E-state index is 12.5. The third kappa shape index (κ3) is 6.51. The third-order valence-electron chi connectivity index (χ3n) is 3.53. The van der Waals surface area contributed by atoms with Crippen molar-refractivity contribution in [3.8, 4) is 0 Å². The molecule has 0 unspecified atom stereocenters. The van der Waals surface area contributed by atoms with Gasteiger partial charge in [0.15, 0.2) is 0 Å². The largest absolute Gasteiger partial charge is 0.341 e. The summed E-state index contributed by atoms with van der Waals surface area (Å²) in [5.74, 6) is 0.893. The summed E-state index contributed by atoms with van der Waals surface area (Å²) in [7, 11) is 0. The molecular weight excluding hydrogens is 337 g/mol. The number of carbonyl (C=O) groups is 1. The van der Waals surface area contributed by atoms with Crippen LogP contribution in [-0.2, 0) is 11.3 Å². The smallest absolute Gasteiger partial charge is 0.287 e. The molecule has 5 nitrogen and oxygen atoms in total. The molecule has 1 rings (SSSR count). The van der Waals surface area contributed by atoms with Gasteiger partial charge < -0.3 is 4.90 Å². The summed E-state index contributed by atoms with van der Waals surface area (Å²) < 4.78 is 1.06. The predicted octanol–water partition coefficient (Wildman–Crippen LogP) is 3.47. The number of carbonyl (C=O) groups excluding carboxylic acids is 1. The van der Waals surface area contributed by atoms with Crippen molar-refractivity contribution in [3.63, 3.8) is 0 Å². The van der Waals surface area contributed by atoms with E-state index in [4.69, 9.17) is 23.2 Å². The van der Waals surface area contributed by atoms with Crippen LogP contribution >= 0.6 is 23.2 Å². The van der Waals surface area contributed by atoms with Gasteiger partial charge in [-0.2, -0.15) is 5.10 Å². The van der Waals surface area contributed by atoms with Crippen LogP contribution in [0.4, 0.5) is 0 Å². The molecule has 0 aliphatic carbocycles. The van der Waals surface area contributed by atoms with Crippen LogP contribution in [0.2, 0.25) is 10.0 Å². The van der Waals surface area contributed by atoms with Gasteiger partial charge in [0.05, 0.1) is 11.2 Å². The number of aromatic nitrogens is 2. The van der Waals surface area contributed by atoms with Crippen molar-refractivity contribution in [3.05, 3.63) is 26.6 Å². The Morgan fingerprint density at radius 1 is 1.17 bits per heavy atom. The van der Waals surface area contributed by atoms with E-state index in [1.54, 1.807) is 4.90 Å². The minimum absolute atomic E-state index is 0.0943. The second-order valence-electron chi connectivity index (χ2n) is 6.52. The van der Waals surface area contributed by atoms with Gasteiger partial charge in [-0.05, 0) is 24.7 Å². The summed E-state index contributed by atoms with van der Waals surface area (Å²) >= 11 is 11.6. The van der Waals surface area contributed by atoms with E-state index in [2.05, 4.69) is 32.8 Å². The molecule has 130 valence electrons. The standard InChI is InChI=1S/C16H25Cl2N3O2/c1-11(2)5-7-20(8-6-12(3)4)14(22)10-21-16(23)15(18)13(17)9-19-21/h9,11-12H,5-8,10H2,1-4H3. The zero-order valence-corrected chi connectivity index (χ0v) is 15.7. The summed E-state index contributed by atoms with van der Waals surface area (Å²) in [6.07, 6.45) is 3.13. The first-order chi connectivity index (χ1) is 10.7. The molecule has 7 heteroatoms. The minimum atomic E-state index is -0.541. The quantitative estimate of drug-likeness (QED) is 0.712. The van der Waals surface area contributed by atoms with Crippen molar-refractivity contribution < 1.29 is 4.79 Å². The van der Waals surface area contributed by atoms with Crippen LogP contribution in [-0.4, -0.2) is 33.7 Å². The number of amides is 1. The Morgan fingerprint density at radius 2 is 1.70 bits per heavy atom. The number of halogens is 2. The maximum atomic E-state index is 12.5. The molecular formula is C16H25Cl2N3O2. The minimum Gasteiger partial charge on any atom is -0.341 e. The van der Waals surface area contributed by atoms with Gasteiger partial charge in [-0.1, -0.05) is 50.9 Å². The van der Waals surface area contributed by atoms with Crippen molar-refractivity contribution in [2.75, 3.05) is 13.1 Å². The van der Waals surface area contributed by atoms with Gasteiger partial charge >= 0.3 is 0 Å². The predicted molar refractivity (Wildman–Crippen MR) is 94.0 cm³/mol. The molecule has 0 aromatic carbocycles. The van der Waals surface area contributed by atoms with Crippen LogP contribution in [0.1, 0.15) is 40.5 Å². The summed E-state index contributed by atoms with van der Waals surface area (Å²) in [5, 5.41) is 3.88. The zero-order chi connectivity index (χ0) is 17.6. The van der Waals surface area contributed by atoms with Crippen molar-refractivity contribution in [2.24, 2.45) is 11.8 Å². The Morgan fingerprint density at radius 3 is 2.17 bits per heavy atom. The average molecular weight is 362 g/mol. The van der Waals surface area contributed by atoms with Crippen LogP contribution in [0.15, 0.2) is 11.0 Å². The molecule has 1 aromatic heterocycles. The van der Waals surface area contributed by atoms with Gasteiger partial charge in [0.25, 0.3) is 5.56 Å². The lowest BCUT2D eigenvalue weighted by Crippen LogP contribution is -2.39. The van der Waals surface area contributed by atoms with Crippen LogP contribution < -0.4 is 5.56 Å². The topological polar surface area (TPSA) is 55.2 Å². The van der Waals surface area contributed by atoms with Crippen molar-refractivity contribution in [2.45, 2.75) is 47.1 Å². The zero-order valence-electron chi connectivity index (χ0n) is 14.2. The second-order valence-corrected chi connectivity index (χ2v) is 7.30. The molecule has 0 radical (unpaired) electrons. The fourth-order valence-electron chi connectivity index (χ4n) is 1.97. The first-order valence-corrected chi connectivity index (χ1v) is 8.66. The summed E-state index contributed by atoms with van der Waals surface area (Å²) in [6.45, 7) is 9.73. The Labute approximate surface area is 147 Å².